The Balaban J connectivity index is 1.71. The molecule has 0 aliphatic rings. The van der Waals surface area contributed by atoms with E-state index >= 15 is 0 Å². The minimum absolute atomic E-state index is 0.449. The van der Waals surface area contributed by atoms with E-state index in [2.05, 4.69) is 15.4 Å². The van der Waals surface area contributed by atoms with Crippen LogP contribution in [0, 0.1) is 0 Å². The van der Waals surface area contributed by atoms with Gasteiger partial charge in [-0.05, 0) is 36.4 Å². The molecule has 154 valence electrons. The van der Waals surface area contributed by atoms with Crippen molar-refractivity contribution in [2.75, 3.05) is 33.8 Å². The molecule has 0 radical (unpaired) electrons. The lowest BCUT2D eigenvalue weighted by Gasteiger charge is -2.14. The third-order valence-corrected chi connectivity index (χ3v) is 4.67. The molecule has 2 heterocycles. The van der Waals surface area contributed by atoms with E-state index in [-0.39, 0.29) is 0 Å². The molecular weight excluding hydrogens is 384 g/mol. The van der Waals surface area contributed by atoms with Crippen molar-refractivity contribution in [3.63, 3.8) is 0 Å². The number of anilines is 2. The maximum Gasteiger partial charge on any atom is 0.247 e. The Morgan fingerprint density at radius 1 is 0.800 bits per heavy atom. The van der Waals surface area contributed by atoms with E-state index in [0.717, 1.165) is 22.7 Å². The Morgan fingerprint density at radius 2 is 1.50 bits per heavy atom. The second kappa shape index (κ2) is 8.20. The quantitative estimate of drug-likeness (QED) is 0.493. The molecule has 0 saturated heterocycles. The third kappa shape index (κ3) is 3.55. The lowest BCUT2D eigenvalue weighted by molar-refractivity contribution is 0.324. The second-order valence-corrected chi connectivity index (χ2v) is 6.38. The summed E-state index contributed by atoms with van der Waals surface area (Å²) in [6, 6.07) is 17.3. The van der Waals surface area contributed by atoms with Crippen molar-refractivity contribution in [3.8, 4) is 34.3 Å². The molecule has 8 heteroatoms. The molecule has 30 heavy (non-hydrogen) atoms. The summed E-state index contributed by atoms with van der Waals surface area (Å²) in [6.45, 7) is 0. The third-order valence-electron chi connectivity index (χ3n) is 4.67. The Labute approximate surface area is 174 Å². The number of nitrogens with one attached hydrogen (secondary N) is 1. The van der Waals surface area contributed by atoms with E-state index in [4.69, 9.17) is 18.9 Å². The van der Waals surface area contributed by atoms with Gasteiger partial charge < -0.3 is 24.3 Å². The highest BCUT2D eigenvalue weighted by molar-refractivity contribution is 5.68. The van der Waals surface area contributed by atoms with Gasteiger partial charge in [-0.2, -0.15) is 4.98 Å². The van der Waals surface area contributed by atoms with Crippen molar-refractivity contribution in [2.24, 2.45) is 0 Å². The van der Waals surface area contributed by atoms with Crippen molar-refractivity contribution in [1.29, 1.82) is 0 Å². The van der Waals surface area contributed by atoms with Gasteiger partial charge in [0.2, 0.25) is 11.7 Å². The van der Waals surface area contributed by atoms with E-state index in [1.165, 1.54) is 0 Å². The van der Waals surface area contributed by atoms with Crippen molar-refractivity contribution in [1.82, 2.24) is 14.6 Å². The van der Waals surface area contributed by atoms with E-state index < -0.39 is 0 Å². The topological polar surface area (TPSA) is 79.1 Å². The number of fused-ring (bicyclic) bond motifs is 1. The molecule has 0 aliphatic carbocycles. The number of rotatable bonds is 7. The summed E-state index contributed by atoms with van der Waals surface area (Å²) in [7, 11) is 6.36. The van der Waals surface area contributed by atoms with Crippen LogP contribution in [0.4, 0.5) is 11.6 Å². The number of hydrogen-bond acceptors (Lipinski definition) is 7. The van der Waals surface area contributed by atoms with Crippen LogP contribution in [-0.2, 0) is 0 Å². The van der Waals surface area contributed by atoms with Crippen LogP contribution in [0.3, 0.4) is 0 Å². The van der Waals surface area contributed by atoms with E-state index in [1.54, 1.807) is 45.1 Å². The molecule has 0 fully saturated rings. The summed E-state index contributed by atoms with van der Waals surface area (Å²) in [6.07, 6.45) is 0. The molecule has 0 spiro atoms. The first-order valence-corrected chi connectivity index (χ1v) is 9.24. The van der Waals surface area contributed by atoms with Crippen LogP contribution < -0.4 is 24.3 Å². The zero-order valence-electron chi connectivity index (χ0n) is 17.2. The van der Waals surface area contributed by atoms with Gasteiger partial charge in [-0.15, -0.1) is 5.10 Å². The Hall–Kier alpha value is -3.94. The van der Waals surface area contributed by atoms with Crippen LogP contribution in [0.25, 0.3) is 16.9 Å². The predicted octanol–water partition coefficient (Wildman–Crippen LogP) is 4.17. The number of nitrogens with zero attached hydrogens (tertiary/aromatic N) is 3. The summed E-state index contributed by atoms with van der Waals surface area (Å²) >= 11 is 0. The largest absolute Gasteiger partial charge is 0.497 e. The fourth-order valence-electron chi connectivity index (χ4n) is 3.22. The molecule has 2 aromatic carbocycles. The monoisotopic (exact) mass is 406 g/mol. The fraction of sp³-hybridized carbons (Fsp3) is 0.182. The highest BCUT2D eigenvalue weighted by atomic mass is 16.5. The zero-order valence-corrected chi connectivity index (χ0v) is 17.2. The number of benzene rings is 2. The van der Waals surface area contributed by atoms with Crippen LogP contribution in [-0.4, -0.2) is 43.0 Å². The molecule has 8 nitrogen and oxygen atoms in total. The van der Waals surface area contributed by atoms with Gasteiger partial charge in [-0.1, -0.05) is 6.07 Å². The smallest absolute Gasteiger partial charge is 0.247 e. The van der Waals surface area contributed by atoms with Crippen LogP contribution in [0.5, 0.6) is 23.0 Å². The Bertz CT molecular complexity index is 1150. The first-order valence-electron chi connectivity index (χ1n) is 9.24. The van der Waals surface area contributed by atoms with Crippen molar-refractivity contribution < 1.29 is 18.9 Å². The molecular formula is C22H22N4O4. The summed E-state index contributed by atoms with van der Waals surface area (Å²) in [4.78, 5) is 4.58. The Kier molecular flexibility index (Phi) is 5.30. The second-order valence-electron chi connectivity index (χ2n) is 6.38. The lowest BCUT2D eigenvalue weighted by atomic mass is 10.1. The van der Waals surface area contributed by atoms with Crippen molar-refractivity contribution >= 4 is 17.3 Å². The SMILES string of the molecule is COc1ccc(-c2cccc3nc(Nc4cc(OC)c(OC)c(OC)c4)nn23)cc1. The van der Waals surface area contributed by atoms with Gasteiger partial charge in [-0.25, -0.2) is 4.52 Å². The molecule has 4 rings (SSSR count). The number of ether oxygens (including phenoxy) is 4. The van der Waals surface area contributed by atoms with Gasteiger partial charge in [0.1, 0.15) is 5.75 Å². The van der Waals surface area contributed by atoms with Crippen LogP contribution in [0.15, 0.2) is 54.6 Å². The highest BCUT2D eigenvalue weighted by Crippen LogP contribution is 2.40. The molecule has 0 unspecified atom stereocenters. The van der Waals surface area contributed by atoms with Gasteiger partial charge >= 0.3 is 0 Å². The van der Waals surface area contributed by atoms with Gasteiger partial charge in [0.05, 0.1) is 34.1 Å². The normalized spacial score (nSPS) is 10.7. The van der Waals surface area contributed by atoms with E-state index in [0.29, 0.717) is 28.9 Å². The first-order chi connectivity index (χ1) is 14.7. The van der Waals surface area contributed by atoms with Gasteiger partial charge in [0.25, 0.3) is 0 Å². The maximum atomic E-state index is 5.41. The molecule has 2 aromatic heterocycles. The average Bonchev–Trinajstić information content (AvgIpc) is 3.20. The molecule has 0 atom stereocenters. The standard InChI is InChI=1S/C22H22N4O4/c1-27-16-10-8-14(9-11-16)17-6-5-7-20-24-22(25-26(17)20)23-15-12-18(28-2)21(30-4)19(13-15)29-3/h5-13H,1-4H3,(H,23,25). The van der Waals surface area contributed by atoms with Crippen LogP contribution >= 0.6 is 0 Å². The van der Waals surface area contributed by atoms with Crippen molar-refractivity contribution in [3.05, 3.63) is 54.6 Å². The van der Waals surface area contributed by atoms with Gasteiger partial charge in [0.15, 0.2) is 17.1 Å². The Morgan fingerprint density at radius 3 is 2.10 bits per heavy atom. The predicted molar refractivity (Wildman–Crippen MR) is 114 cm³/mol. The van der Waals surface area contributed by atoms with Gasteiger partial charge in [-0.3, -0.25) is 0 Å². The molecule has 0 saturated carbocycles. The van der Waals surface area contributed by atoms with E-state index in [1.807, 2.05) is 42.5 Å². The molecule has 0 aliphatic heterocycles. The summed E-state index contributed by atoms with van der Waals surface area (Å²) in [5, 5.41) is 7.84. The van der Waals surface area contributed by atoms with Gasteiger partial charge in [0, 0.05) is 23.4 Å². The molecule has 0 amide bonds. The number of aromatic nitrogens is 3. The van der Waals surface area contributed by atoms with E-state index in [9.17, 15) is 0 Å². The molecule has 0 bridgehead atoms. The van der Waals surface area contributed by atoms with Crippen LogP contribution in [0.1, 0.15) is 0 Å². The molecule has 1 N–H and O–H groups in total. The number of methoxy groups -OCH3 is 4. The average molecular weight is 406 g/mol. The highest BCUT2D eigenvalue weighted by Gasteiger charge is 2.15. The number of pyridine rings is 1. The lowest BCUT2D eigenvalue weighted by Crippen LogP contribution is -1.99. The maximum absolute atomic E-state index is 5.41. The number of hydrogen-bond donors (Lipinski definition) is 1. The summed E-state index contributed by atoms with van der Waals surface area (Å²) in [5.41, 5.74) is 3.36. The zero-order chi connectivity index (χ0) is 21.1. The minimum atomic E-state index is 0.449. The van der Waals surface area contributed by atoms with Crippen molar-refractivity contribution in [2.45, 2.75) is 0 Å². The summed E-state index contributed by atoms with van der Waals surface area (Å²) < 4.78 is 23.2. The fourth-order valence-corrected chi connectivity index (χ4v) is 3.22. The minimum Gasteiger partial charge on any atom is -0.497 e. The first kappa shape index (κ1) is 19.4. The summed E-state index contributed by atoms with van der Waals surface area (Å²) in [5.74, 6) is 2.86. The van der Waals surface area contributed by atoms with Crippen LogP contribution in [0.2, 0.25) is 0 Å². The molecule has 4 aromatic rings.